The third-order valence-electron chi connectivity index (χ3n) is 4.52. The van der Waals surface area contributed by atoms with Gasteiger partial charge in [-0.05, 0) is 37.1 Å². The number of benzene rings is 2. The van der Waals surface area contributed by atoms with Crippen molar-refractivity contribution in [2.45, 2.75) is 32.4 Å². The van der Waals surface area contributed by atoms with Crippen LogP contribution in [0.4, 0.5) is 5.69 Å². The highest BCUT2D eigenvalue weighted by molar-refractivity contribution is 6.17. The van der Waals surface area contributed by atoms with Crippen LogP contribution in [0.5, 0.6) is 5.75 Å². The lowest BCUT2D eigenvalue weighted by Gasteiger charge is -2.37. The molecule has 1 aliphatic heterocycles. The van der Waals surface area contributed by atoms with E-state index in [0.29, 0.717) is 5.88 Å². The molecule has 0 saturated carbocycles. The second-order valence-electron chi connectivity index (χ2n) is 6.85. The van der Waals surface area contributed by atoms with Crippen LogP contribution >= 0.6 is 24.0 Å². The lowest BCUT2D eigenvalue weighted by Crippen LogP contribution is -2.46. The highest BCUT2D eigenvalue weighted by atomic mass is 35.5. The highest BCUT2D eigenvalue weighted by Crippen LogP contribution is 2.29. The molecule has 2 aromatic carbocycles. The fourth-order valence-corrected chi connectivity index (χ4v) is 3.39. The van der Waals surface area contributed by atoms with E-state index in [1.54, 1.807) is 0 Å². The zero-order valence-corrected chi connectivity index (χ0v) is 17.1. The first-order valence-corrected chi connectivity index (χ1v) is 9.56. The lowest BCUT2D eigenvalue weighted by atomic mass is 10.1. The fraction of sp³-hybridized carbons (Fsp3) is 0.429. The van der Waals surface area contributed by atoms with Gasteiger partial charge in [-0.15, -0.1) is 24.0 Å². The minimum atomic E-state index is 0. The third-order valence-corrected chi connectivity index (χ3v) is 4.83. The number of nitrogens with zero attached hydrogens (tertiary/aromatic N) is 2. The van der Waals surface area contributed by atoms with E-state index in [4.69, 9.17) is 16.3 Å². The Labute approximate surface area is 168 Å². The van der Waals surface area contributed by atoms with Crippen LogP contribution in [0, 0.1) is 0 Å². The number of rotatable bonds is 6. The van der Waals surface area contributed by atoms with Gasteiger partial charge in [0.2, 0.25) is 0 Å². The maximum atomic E-state index is 5.98. The van der Waals surface area contributed by atoms with E-state index in [2.05, 4.69) is 66.1 Å². The van der Waals surface area contributed by atoms with Crippen LogP contribution in [0.3, 0.4) is 0 Å². The van der Waals surface area contributed by atoms with Crippen LogP contribution in [0.2, 0.25) is 0 Å². The number of hydrogen-bond acceptors (Lipinski definition) is 3. The van der Waals surface area contributed by atoms with Crippen molar-refractivity contribution in [2.75, 3.05) is 31.1 Å². The lowest BCUT2D eigenvalue weighted by molar-refractivity contribution is 0.235. The van der Waals surface area contributed by atoms with Crippen molar-refractivity contribution in [3.05, 3.63) is 59.7 Å². The second-order valence-corrected chi connectivity index (χ2v) is 7.11. The molecule has 142 valence electrons. The molecule has 0 bridgehead atoms. The van der Waals surface area contributed by atoms with Gasteiger partial charge in [0.15, 0.2) is 0 Å². The maximum Gasteiger partial charge on any atom is 0.142 e. The average molecular weight is 395 g/mol. The summed E-state index contributed by atoms with van der Waals surface area (Å²) in [6.07, 6.45) is 0.193. The Balaban J connectivity index is 0.00000243. The minimum Gasteiger partial charge on any atom is -0.489 e. The maximum absolute atomic E-state index is 5.98. The molecule has 1 saturated heterocycles. The highest BCUT2D eigenvalue weighted by Gasteiger charge is 2.20. The van der Waals surface area contributed by atoms with Crippen LogP contribution in [-0.4, -0.2) is 37.2 Å². The predicted octanol–water partition coefficient (Wildman–Crippen LogP) is 4.96. The summed E-state index contributed by atoms with van der Waals surface area (Å²) < 4.78 is 5.98. The van der Waals surface area contributed by atoms with Crippen molar-refractivity contribution in [3.8, 4) is 5.75 Å². The zero-order chi connectivity index (χ0) is 17.6. The molecule has 1 aliphatic rings. The summed E-state index contributed by atoms with van der Waals surface area (Å²) in [5, 5.41) is 0. The Morgan fingerprint density at radius 1 is 0.923 bits per heavy atom. The van der Waals surface area contributed by atoms with E-state index < -0.39 is 0 Å². The molecule has 0 spiro atoms. The summed E-state index contributed by atoms with van der Waals surface area (Å²) in [6.45, 7) is 9.33. The van der Waals surface area contributed by atoms with Crippen molar-refractivity contribution in [3.63, 3.8) is 0 Å². The Morgan fingerprint density at radius 2 is 1.54 bits per heavy atom. The normalized spacial score (nSPS) is 15.0. The molecule has 0 amide bonds. The molecular formula is C21H28Cl2N2O. The van der Waals surface area contributed by atoms with Gasteiger partial charge in [0.05, 0.1) is 11.8 Å². The monoisotopic (exact) mass is 394 g/mol. The summed E-state index contributed by atoms with van der Waals surface area (Å²) >= 11 is 5.86. The molecule has 2 aromatic rings. The topological polar surface area (TPSA) is 15.7 Å². The molecule has 1 heterocycles. The Morgan fingerprint density at radius 3 is 2.15 bits per heavy atom. The summed E-state index contributed by atoms with van der Waals surface area (Å²) in [5.74, 6) is 1.57. The molecule has 0 N–H and O–H groups in total. The number of alkyl halides is 1. The van der Waals surface area contributed by atoms with Gasteiger partial charge < -0.3 is 9.64 Å². The SMILES string of the molecule is CC(C)Oc1ccccc1N1CCN(Cc2ccc(CCl)cc2)CC1.Cl. The molecule has 3 nitrogen and oxygen atoms in total. The fourth-order valence-electron chi connectivity index (χ4n) is 3.21. The van der Waals surface area contributed by atoms with E-state index in [1.165, 1.54) is 16.8 Å². The van der Waals surface area contributed by atoms with Crippen LogP contribution in [-0.2, 0) is 12.4 Å². The van der Waals surface area contributed by atoms with Crippen molar-refractivity contribution < 1.29 is 4.74 Å². The third kappa shape index (κ3) is 5.54. The first-order chi connectivity index (χ1) is 12.2. The Hall–Kier alpha value is -1.42. The number of para-hydroxylation sites is 2. The largest absolute Gasteiger partial charge is 0.489 e. The summed E-state index contributed by atoms with van der Waals surface area (Å²) in [6, 6.07) is 17.0. The van der Waals surface area contributed by atoms with Gasteiger partial charge in [0.1, 0.15) is 5.75 Å². The Bertz CT molecular complexity index is 668. The average Bonchev–Trinajstić information content (AvgIpc) is 2.63. The molecule has 0 radical (unpaired) electrons. The number of anilines is 1. The van der Waals surface area contributed by atoms with E-state index in [1.807, 2.05) is 6.07 Å². The predicted molar refractivity (Wildman–Crippen MR) is 113 cm³/mol. The molecule has 26 heavy (non-hydrogen) atoms. The standard InChI is InChI=1S/C21H27ClN2O.ClH/c1-17(2)25-21-6-4-3-5-20(21)24-13-11-23(12-14-24)16-19-9-7-18(15-22)8-10-19;/h3-10,17H,11-16H2,1-2H3;1H. The van der Waals surface area contributed by atoms with Gasteiger partial charge in [-0.3, -0.25) is 4.90 Å². The van der Waals surface area contributed by atoms with Crippen molar-refractivity contribution in [1.82, 2.24) is 4.90 Å². The Kier molecular flexibility index (Phi) is 8.08. The number of piperazine rings is 1. The number of ether oxygens (including phenoxy) is 1. The van der Waals surface area contributed by atoms with Crippen LogP contribution in [0.1, 0.15) is 25.0 Å². The van der Waals surface area contributed by atoms with Gasteiger partial charge in [0.25, 0.3) is 0 Å². The van der Waals surface area contributed by atoms with Crippen molar-refractivity contribution in [1.29, 1.82) is 0 Å². The second kappa shape index (κ2) is 10.1. The van der Waals surface area contributed by atoms with Crippen LogP contribution in [0.25, 0.3) is 0 Å². The van der Waals surface area contributed by atoms with E-state index in [-0.39, 0.29) is 18.5 Å². The minimum absolute atomic E-state index is 0. The van der Waals surface area contributed by atoms with Gasteiger partial charge >= 0.3 is 0 Å². The summed E-state index contributed by atoms with van der Waals surface area (Å²) in [5.41, 5.74) is 3.74. The van der Waals surface area contributed by atoms with Gasteiger partial charge in [-0.2, -0.15) is 0 Å². The first-order valence-electron chi connectivity index (χ1n) is 9.02. The molecule has 0 unspecified atom stereocenters. The van der Waals surface area contributed by atoms with Gasteiger partial charge in [-0.25, -0.2) is 0 Å². The van der Waals surface area contributed by atoms with Crippen LogP contribution < -0.4 is 9.64 Å². The first kappa shape index (κ1) is 20.9. The number of hydrogen-bond donors (Lipinski definition) is 0. The summed E-state index contributed by atoms with van der Waals surface area (Å²) in [4.78, 5) is 4.95. The molecule has 5 heteroatoms. The quantitative estimate of drug-likeness (QED) is 0.644. The molecule has 1 fully saturated rings. The molecule has 0 atom stereocenters. The van der Waals surface area contributed by atoms with Crippen molar-refractivity contribution in [2.24, 2.45) is 0 Å². The van der Waals surface area contributed by atoms with Gasteiger partial charge in [-0.1, -0.05) is 36.4 Å². The molecule has 0 aliphatic carbocycles. The number of halogens is 2. The molecule has 0 aromatic heterocycles. The van der Waals surface area contributed by atoms with E-state index in [9.17, 15) is 0 Å². The summed E-state index contributed by atoms with van der Waals surface area (Å²) in [7, 11) is 0. The van der Waals surface area contributed by atoms with Gasteiger partial charge in [0, 0.05) is 38.6 Å². The smallest absolute Gasteiger partial charge is 0.142 e. The zero-order valence-electron chi connectivity index (χ0n) is 15.5. The van der Waals surface area contributed by atoms with E-state index >= 15 is 0 Å². The van der Waals surface area contributed by atoms with Crippen molar-refractivity contribution >= 4 is 29.7 Å². The van der Waals surface area contributed by atoms with E-state index in [0.717, 1.165) is 38.5 Å². The molecular weight excluding hydrogens is 367 g/mol. The van der Waals surface area contributed by atoms with Crippen LogP contribution in [0.15, 0.2) is 48.5 Å². The molecule has 3 rings (SSSR count).